The van der Waals surface area contributed by atoms with E-state index in [-0.39, 0.29) is 18.8 Å². The molecule has 0 aliphatic heterocycles. The van der Waals surface area contributed by atoms with Crippen LogP contribution in [-0.4, -0.2) is 61.5 Å². The molecular weight excluding hydrogens is 294 g/mol. The van der Waals surface area contributed by atoms with E-state index in [1.165, 1.54) is 0 Å². The molecule has 0 fully saturated rings. The predicted molar refractivity (Wildman–Crippen MR) is 67.7 cm³/mol. The molecule has 11 heteroatoms. The Balaban J connectivity index is 4.21. The minimum Gasteiger partial charge on any atom is -0.481 e. The number of carbonyl (C=O) groups excluding carboxylic acids is 1. The normalized spacial score (nSPS) is 12.4. The van der Waals surface area contributed by atoms with Crippen LogP contribution in [0.1, 0.15) is 13.3 Å². The molecule has 0 rings (SSSR count). The minimum absolute atomic E-state index is 0.216. The fourth-order valence-corrected chi connectivity index (χ4v) is 2.13. The van der Waals surface area contributed by atoms with Crippen LogP contribution < -0.4 is 15.4 Å². The molecule has 0 aliphatic rings. The minimum atomic E-state index is -3.49. The van der Waals surface area contributed by atoms with Gasteiger partial charge in [0.1, 0.15) is 6.04 Å². The zero-order chi connectivity index (χ0) is 15.8. The molecule has 0 bridgehead atoms. The second kappa shape index (κ2) is 8.32. The molecule has 2 amide bonds. The maximum absolute atomic E-state index is 11.3. The van der Waals surface area contributed by atoms with Gasteiger partial charge >= 0.3 is 18.0 Å². The summed E-state index contributed by atoms with van der Waals surface area (Å²) in [5.41, 5.74) is 0. The van der Waals surface area contributed by atoms with Crippen molar-refractivity contribution in [2.45, 2.75) is 19.4 Å². The van der Waals surface area contributed by atoms with Gasteiger partial charge in [-0.05, 0) is 0 Å². The van der Waals surface area contributed by atoms with Crippen molar-refractivity contribution in [3.63, 3.8) is 0 Å². The number of hydrogen-bond acceptors (Lipinski definition) is 5. The molecule has 0 aromatic carbocycles. The summed E-state index contributed by atoms with van der Waals surface area (Å²) in [7, 11) is -3.49. The lowest BCUT2D eigenvalue weighted by molar-refractivity contribution is -0.145. The third-order valence-electron chi connectivity index (χ3n) is 2.00. The molecule has 0 spiro atoms. The third-order valence-corrected chi connectivity index (χ3v) is 3.47. The van der Waals surface area contributed by atoms with E-state index in [9.17, 15) is 22.8 Å². The highest BCUT2D eigenvalue weighted by Gasteiger charge is 2.22. The van der Waals surface area contributed by atoms with E-state index in [2.05, 4.69) is 10.0 Å². The molecule has 10 nitrogen and oxygen atoms in total. The summed E-state index contributed by atoms with van der Waals surface area (Å²) in [5, 5.41) is 21.2. The van der Waals surface area contributed by atoms with Crippen LogP contribution in [0.25, 0.3) is 0 Å². The quantitative estimate of drug-likeness (QED) is 0.334. The van der Waals surface area contributed by atoms with Crippen LogP contribution >= 0.6 is 0 Å². The van der Waals surface area contributed by atoms with Gasteiger partial charge in [-0.1, -0.05) is 6.92 Å². The maximum Gasteiger partial charge on any atom is 0.326 e. The summed E-state index contributed by atoms with van der Waals surface area (Å²) in [4.78, 5) is 32.4. The summed E-state index contributed by atoms with van der Waals surface area (Å²) in [6.45, 7) is 1.58. The van der Waals surface area contributed by atoms with Gasteiger partial charge in [0.2, 0.25) is 10.0 Å². The molecule has 0 aromatic rings. The highest BCUT2D eigenvalue weighted by atomic mass is 32.2. The summed E-state index contributed by atoms with van der Waals surface area (Å²) < 4.78 is 24.7. The maximum atomic E-state index is 11.3. The van der Waals surface area contributed by atoms with E-state index in [0.717, 1.165) is 0 Å². The first-order chi connectivity index (χ1) is 9.18. The molecule has 20 heavy (non-hydrogen) atoms. The highest BCUT2D eigenvalue weighted by Crippen LogP contribution is 1.92. The van der Waals surface area contributed by atoms with Crippen LogP contribution in [0.5, 0.6) is 0 Å². The molecule has 116 valence electrons. The fourth-order valence-electron chi connectivity index (χ4n) is 1.17. The van der Waals surface area contributed by atoms with Crippen molar-refractivity contribution in [1.82, 2.24) is 15.4 Å². The molecule has 0 aromatic heterocycles. The Labute approximate surface area is 115 Å². The van der Waals surface area contributed by atoms with Gasteiger partial charge in [-0.15, -0.1) is 0 Å². The number of nitrogens with one attached hydrogen (secondary N) is 3. The fraction of sp³-hybridized carbons (Fsp3) is 0.667. The number of carboxylic acid groups (broad SMARTS) is 2. The standard InChI is InChI=1S/C9H17N3O7S/c1-2-11-20(18,19)4-3-10-9(17)12-6(8(15)16)5-7(13)14/h6,11H,2-5H2,1H3,(H,13,14)(H,15,16)(H2,10,12,17). The van der Waals surface area contributed by atoms with Crippen molar-refractivity contribution < 1.29 is 33.0 Å². The number of amides is 2. The van der Waals surface area contributed by atoms with Crippen LogP contribution in [0.3, 0.4) is 0 Å². The van der Waals surface area contributed by atoms with E-state index in [4.69, 9.17) is 10.2 Å². The van der Waals surface area contributed by atoms with Gasteiger partial charge in [0.15, 0.2) is 0 Å². The van der Waals surface area contributed by atoms with Gasteiger partial charge in [-0.3, -0.25) is 4.79 Å². The smallest absolute Gasteiger partial charge is 0.326 e. The van der Waals surface area contributed by atoms with Gasteiger partial charge in [0, 0.05) is 13.1 Å². The molecule has 0 aliphatic carbocycles. The first kappa shape index (κ1) is 18.1. The number of aliphatic carboxylic acids is 2. The van der Waals surface area contributed by atoms with E-state index in [0.29, 0.717) is 0 Å². The van der Waals surface area contributed by atoms with Crippen molar-refractivity contribution in [1.29, 1.82) is 0 Å². The van der Waals surface area contributed by atoms with E-state index < -0.39 is 40.5 Å². The molecule has 1 unspecified atom stereocenters. The summed E-state index contributed by atoms with van der Waals surface area (Å²) in [5.74, 6) is -3.25. The zero-order valence-electron chi connectivity index (χ0n) is 10.7. The Hall–Kier alpha value is -1.88. The Morgan fingerprint density at radius 3 is 2.25 bits per heavy atom. The van der Waals surface area contributed by atoms with E-state index in [1.807, 2.05) is 5.32 Å². The molecule has 0 radical (unpaired) electrons. The van der Waals surface area contributed by atoms with Crippen molar-refractivity contribution >= 4 is 28.0 Å². The Kier molecular flexibility index (Phi) is 7.54. The van der Waals surface area contributed by atoms with Gasteiger partial charge in [-0.2, -0.15) is 0 Å². The lowest BCUT2D eigenvalue weighted by Crippen LogP contribution is -2.48. The lowest BCUT2D eigenvalue weighted by atomic mass is 10.2. The Morgan fingerprint density at radius 1 is 1.20 bits per heavy atom. The van der Waals surface area contributed by atoms with Crippen molar-refractivity contribution in [2.75, 3.05) is 18.8 Å². The number of carboxylic acids is 2. The number of rotatable bonds is 9. The van der Waals surface area contributed by atoms with Gasteiger partial charge in [0.25, 0.3) is 0 Å². The first-order valence-electron chi connectivity index (χ1n) is 5.64. The molecule has 0 heterocycles. The predicted octanol–water partition coefficient (Wildman–Crippen LogP) is -1.85. The van der Waals surface area contributed by atoms with Gasteiger partial charge in [0.05, 0.1) is 12.2 Å². The topological polar surface area (TPSA) is 162 Å². The first-order valence-corrected chi connectivity index (χ1v) is 7.29. The van der Waals surface area contributed by atoms with Gasteiger partial charge < -0.3 is 20.8 Å². The van der Waals surface area contributed by atoms with Crippen LogP contribution in [0.4, 0.5) is 4.79 Å². The number of sulfonamides is 1. The van der Waals surface area contributed by atoms with Crippen molar-refractivity contribution in [3.05, 3.63) is 0 Å². The molecule has 0 saturated heterocycles. The molecule has 1 atom stereocenters. The van der Waals surface area contributed by atoms with Gasteiger partial charge in [-0.25, -0.2) is 22.7 Å². The van der Waals surface area contributed by atoms with Crippen LogP contribution in [-0.2, 0) is 19.6 Å². The number of hydrogen-bond donors (Lipinski definition) is 5. The number of urea groups is 1. The average molecular weight is 311 g/mol. The Morgan fingerprint density at radius 2 is 1.80 bits per heavy atom. The molecule has 5 N–H and O–H groups in total. The average Bonchev–Trinajstić information content (AvgIpc) is 2.26. The second-order valence-corrected chi connectivity index (χ2v) is 5.63. The molecular formula is C9H17N3O7S. The number of carbonyl (C=O) groups is 3. The second-order valence-electron chi connectivity index (χ2n) is 3.71. The SMILES string of the molecule is CCNS(=O)(=O)CCNC(=O)NC(CC(=O)O)C(=O)O. The summed E-state index contributed by atoms with van der Waals surface area (Å²) >= 11 is 0. The highest BCUT2D eigenvalue weighted by molar-refractivity contribution is 7.89. The van der Waals surface area contributed by atoms with Crippen LogP contribution in [0, 0.1) is 0 Å². The molecule has 0 saturated carbocycles. The van der Waals surface area contributed by atoms with E-state index >= 15 is 0 Å². The van der Waals surface area contributed by atoms with Crippen LogP contribution in [0.15, 0.2) is 0 Å². The Bertz CT molecular complexity index is 462. The largest absolute Gasteiger partial charge is 0.481 e. The van der Waals surface area contributed by atoms with E-state index in [1.54, 1.807) is 6.92 Å². The van der Waals surface area contributed by atoms with Crippen LogP contribution in [0.2, 0.25) is 0 Å². The van der Waals surface area contributed by atoms with Crippen molar-refractivity contribution in [3.8, 4) is 0 Å². The summed E-state index contributed by atoms with van der Waals surface area (Å²) in [6, 6.07) is -2.54. The summed E-state index contributed by atoms with van der Waals surface area (Å²) in [6.07, 6.45) is -0.779. The third kappa shape index (κ3) is 8.26. The van der Waals surface area contributed by atoms with Crippen molar-refractivity contribution in [2.24, 2.45) is 0 Å². The monoisotopic (exact) mass is 311 g/mol. The lowest BCUT2D eigenvalue weighted by Gasteiger charge is -2.13. The zero-order valence-corrected chi connectivity index (χ0v) is 11.6.